The lowest BCUT2D eigenvalue weighted by molar-refractivity contribution is -0.134. The van der Waals surface area contributed by atoms with Crippen molar-refractivity contribution in [2.24, 2.45) is 11.8 Å². The smallest absolute Gasteiger partial charge is 0.226 e. The topological polar surface area (TPSA) is 49.4 Å². The van der Waals surface area contributed by atoms with Crippen LogP contribution in [-0.2, 0) is 9.59 Å². The lowest BCUT2D eigenvalue weighted by Crippen LogP contribution is -2.40. The zero-order valence-corrected chi connectivity index (χ0v) is 13.2. The van der Waals surface area contributed by atoms with Crippen LogP contribution in [0.1, 0.15) is 37.2 Å². The first-order valence-corrected chi connectivity index (χ1v) is 8.64. The highest BCUT2D eigenvalue weighted by atomic mass is 32.1. The quantitative estimate of drug-likeness (QED) is 0.927. The molecule has 114 valence electrons. The lowest BCUT2D eigenvalue weighted by atomic mass is 9.93. The summed E-state index contributed by atoms with van der Waals surface area (Å²) in [5.41, 5.74) is 1.33. The molecule has 1 aromatic rings. The zero-order valence-electron chi connectivity index (χ0n) is 12.4. The van der Waals surface area contributed by atoms with Gasteiger partial charge in [0.15, 0.2) is 0 Å². The fourth-order valence-electron chi connectivity index (χ4n) is 3.28. The molecule has 21 heavy (non-hydrogen) atoms. The van der Waals surface area contributed by atoms with E-state index in [0.717, 1.165) is 32.4 Å². The van der Waals surface area contributed by atoms with Gasteiger partial charge in [-0.1, -0.05) is 0 Å². The number of hydrogen-bond acceptors (Lipinski definition) is 3. The molecule has 4 nitrogen and oxygen atoms in total. The second kappa shape index (κ2) is 6.18. The first-order valence-electron chi connectivity index (χ1n) is 7.70. The number of piperidine rings is 1. The molecule has 2 fully saturated rings. The highest BCUT2D eigenvalue weighted by Crippen LogP contribution is 2.49. The Morgan fingerprint density at radius 2 is 2.14 bits per heavy atom. The monoisotopic (exact) mass is 306 g/mol. The van der Waals surface area contributed by atoms with Gasteiger partial charge in [-0.2, -0.15) is 11.3 Å². The number of carbonyl (C=O) groups is 2. The predicted molar refractivity (Wildman–Crippen MR) is 83.2 cm³/mol. The van der Waals surface area contributed by atoms with Crippen molar-refractivity contribution >= 4 is 23.2 Å². The van der Waals surface area contributed by atoms with E-state index in [-0.39, 0.29) is 11.8 Å². The van der Waals surface area contributed by atoms with Crippen LogP contribution in [-0.4, -0.2) is 36.9 Å². The van der Waals surface area contributed by atoms with E-state index in [4.69, 9.17) is 0 Å². The van der Waals surface area contributed by atoms with Crippen molar-refractivity contribution < 1.29 is 9.59 Å². The predicted octanol–water partition coefficient (Wildman–Crippen LogP) is 2.23. The Morgan fingerprint density at radius 1 is 1.38 bits per heavy atom. The molecule has 0 spiro atoms. The van der Waals surface area contributed by atoms with Crippen LogP contribution >= 0.6 is 11.3 Å². The van der Waals surface area contributed by atoms with Crippen LogP contribution in [0.3, 0.4) is 0 Å². The van der Waals surface area contributed by atoms with Gasteiger partial charge in [-0.25, -0.2) is 0 Å². The van der Waals surface area contributed by atoms with Gasteiger partial charge in [0, 0.05) is 32.5 Å². The van der Waals surface area contributed by atoms with Crippen molar-refractivity contribution in [1.29, 1.82) is 0 Å². The number of likely N-dealkylation sites (tertiary alicyclic amines) is 1. The van der Waals surface area contributed by atoms with Crippen molar-refractivity contribution in [2.45, 2.75) is 31.6 Å². The fraction of sp³-hybridized carbons (Fsp3) is 0.625. The largest absolute Gasteiger partial charge is 0.359 e. The van der Waals surface area contributed by atoms with Crippen molar-refractivity contribution in [3.63, 3.8) is 0 Å². The van der Waals surface area contributed by atoms with Crippen LogP contribution < -0.4 is 5.32 Å². The van der Waals surface area contributed by atoms with Gasteiger partial charge < -0.3 is 10.2 Å². The number of carbonyl (C=O) groups excluding carboxylic acids is 2. The molecule has 0 bridgehead atoms. The number of hydrogen-bond donors (Lipinski definition) is 1. The molecule has 2 atom stereocenters. The van der Waals surface area contributed by atoms with E-state index in [0.29, 0.717) is 24.2 Å². The molecule has 1 aromatic heterocycles. The third-order valence-electron chi connectivity index (χ3n) is 4.76. The van der Waals surface area contributed by atoms with Gasteiger partial charge >= 0.3 is 0 Å². The second-order valence-corrected chi connectivity index (χ2v) is 6.93. The number of thiophene rings is 1. The molecule has 2 amide bonds. The molecule has 1 saturated carbocycles. The first kappa shape index (κ1) is 14.6. The average molecular weight is 306 g/mol. The van der Waals surface area contributed by atoms with E-state index < -0.39 is 0 Å². The molecule has 1 aliphatic carbocycles. The molecule has 0 unspecified atom stereocenters. The van der Waals surface area contributed by atoms with E-state index in [1.165, 1.54) is 5.56 Å². The van der Waals surface area contributed by atoms with E-state index in [1.807, 2.05) is 4.90 Å². The van der Waals surface area contributed by atoms with Gasteiger partial charge in [-0.15, -0.1) is 0 Å². The molecule has 5 heteroatoms. The van der Waals surface area contributed by atoms with E-state index >= 15 is 0 Å². The van der Waals surface area contributed by atoms with E-state index in [9.17, 15) is 9.59 Å². The normalized spacial score (nSPS) is 25.7. The Kier molecular flexibility index (Phi) is 4.29. The number of amides is 2. The Balaban J connectivity index is 1.47. The van der Waals surface area contributed by atoms with Gasteiger partial charge in [0.25, 0.3) is 0 Å². The summed E-state index contributed by atoms with van der Waals surface area (Å²) in [6, 6.07) is 2.14. The second-order valence-electron chi connectivity index (χ2n) is 6.15. The standard InChI is InChI=1S/C16H22N2O2S/c1-17-15(19)8-11-2-5-18(6-3-11)16(20)14-9-13(14)12-4-7-21-10-12/h4,7,10-11,13-14H,2-3,5-6,8-9H2,1H3,(H,17,19)/t13-,14+/m0/s1. The maximum atomic E-state index is 12.5. The molecule has 1 saturated heterocycles. The molecular formula is C16H22N2O2S. The summed E-state index contributed by atoms with van der Waals surface area (Å²) < 4.78 is 0. The van der Waals surface area contributed by atoms with Crippen LogP contribution in [0, 0.1) is 11.8 Å². The molecular weight excluding hydrogens is 284 g/mol. The van der Waals surface area contributed by atoms with Gasteiger partial charge in [0.05, 0.1) is 0 Å². The molecule has 2 heterocycles. The minimum atomic E-state index is 0.111. The number of nitrogens with one attached hydrogen (secondary N) is 1. The maximum absolute atomic E-state index is 12.5. The summed E-state index contributed by atoms with van der Waals surface area (Å²) in [5, 5.41) is 6.92. The Labute approximate surface area is 129 Å². The number of rotatable bonds is 4. The summed E-state index contributed by atoms with van der Waals surface area (Å²) in [6.45, 7) is 1.63. The van der Waals surface area contributed by atoms with Crippen molar-refractivity contribution in [1.82, 2.24) is 10.2 Å². The van der Waals surface area contributed by atoms with Crippen LogP contribution in [0.25, 0.3) is 0 Å². The third kappa shape index (κ3) is 3.28. The summed E-state index contributed by atoms with van der Waals surface area (Å²) in [6.07, 6.45) is 3.51. The Hall–Kier alpha value is -1.36. The average Bonchev–Trinajstić information content (AvgIpc) is 3.12. The SMILES string of the molecule is CNC(=O)CC1CCN(C(=O)[C@@H]2C[C@H]2c2ccsc2)CC1. The molecule has 1 N–H and O–H groups in total. The molecule has 3 rings (SSSR count). The van der Waals surface area contributed by atoms with Gasteiger partial charge in [-0.05, 0) is 53.5 Å². The summed E-state index contributed by atoms with van der Waals surface area (Å²) in [5.74, 6) is 1.52. The minimum absolute atomic E-state index is 0.111. The Morgan fingerprint density at radius 3 is 2.76 bits per heavy atom. The van der Waals surface area contributed by atoms with Crippen LogP contribution in [0.2, 0.25) is 0 Å². The summed E-state index contributed by atoms with van der Waals surface area (Å²) in [7, 11) is 1.68. The third-order valence-corrected chi connectivity index (χ3v) is 5.46. The van der Waals surface area contributed by atoms with E-state index in [1.54, 1.807) is 18.4 Å². The van der Waals surface area contributed by atoms with E-state index in [2.05, 4.69) is 22.1 Å². The summed E-state index contributed by atoms with van der Waals surface area (Å²) >= 11 is 1.70. The fourth-order valence-corrected chi connectivity index (χ4v) is 4.00. The highest BCUT2D eigenvalue weighted by Gasteiger charge is 2.46. The van der Waals surface area contributed by atoms with Crippen molar-refractivity contribution in [2.75, 3.05) is 20.1 Å². The first-order chi connectivity index (χ1) is 10.2. The number of nitrogens with zero attached hydrogens (tertiary/aromatic N) is 1. The molecule has 2 aliphatic rings. The molecule has 1 aliphatic heterocycles. The summed E-state index contributed by atoms with van der Waals surface area (Å²) in [4.78, 5) is 25.9. The van der Waals surface area contributed by atoms with Crippen molar-refractivity contribution in [3.05, 3.63) is 22.4 Å². The van der Waals surface area contributed by atoms with Crippen LogP contribution in [0.15, 0.2) is 16.8 Å². The van der Waals surface area contributed by atoms with Gasteiger partial charge in [0.1, 0.15) is 0 Å². The zero-order chi connectivity index (χ0) is 14.8. The van der Waals surface area contributed by atoms with Crippen molar-refractivity contribution in [3.8, 4) is 0 Å². The molecule has 0 radical (unpaired) electrons. The highest BCUT2D eigenvalue weighted by molar-refractivity contribution is 7.08. The lowest BCUT2D eigenvalue weighted by Gasteiger charge is -2.32. The van der Waals surface area contributed by atoms with Crippen LogP contribution in [0.5, 0.6) is 0 Å². The van der Waals surface area contributed by atoms with Gasteiger partial charge in [-0.3, -0.25) is 9.59 Å². The van der Waals surface area contributed by atoms with Crippen LogP contribution in [0.4, 0.5) is 0 Å². The minimum Gasteiger partial charge on any atom is -0.359 e. The maximum Gasteiger partial charge on any atom is 0.226 e. The molecule has 0 aromatic carbocycles. The Bertz CT molecular complexity index is 506. The van der Waals surface area contributed by atoms with Gasteiger partial charge in [0.2, 0.25) is 11.8 Å².